The molecule has 2 N–H and O–H groups in total. The van der Waals surface area contributed by atoms with Crippen LogP contribution in [0.3, 0.4) is 0 Å². The molecule has 1 fully saturated rings. The van der Waals surface area contributed by atoms with Gasteiger partial charge in [0.25, 0.3) is 5.91 Å². The number of phenols is 1. The minimum Gasteiger partial charge on any atom is -0.506 e. The second-order valence-corrected chi connectivity index (χ2v) is 7.70. The van der Waals surface area contributed by atoms with Crippen LogP contribution >= 0.6 is 0 Å². The first-order valence-corrected chi connectivity index (χ1v) is 9.83. The zero-order chi connectivity index (χ0) is 20.3. The molecular weight excluding hydrogens is 356 g/mol. The van der Waals surface area contributed by atoms with Crippen LogP contribution in [-0.4, -0.2) is 53.7 Å². The van der Waals surface area contributed by atoms with Gasteiger partial charge in [-0.2, -0.15) is 0 Å². The van der Waals surface area contributed by atoms with Crippen molar-refractivity contribution in [3.63, 3.8) is 0 Å². The number of nitrogens with one attached hydrogen (secondary N) is 1. The maximum atomic E-state index is 12.8. The molecule has 0 radical (unpaired) electrons. The van der Waals surface area contributed by atoms with Gasteiger partial charge in [0.05, 0.1) is 12.2 Å². The zero-order valence-electron chi connectivity index (χ0n) is 16.6. The summed E-state index contributed by atoms with van der Waals surface area (Å²) in [5, 5.41) is 15.0. The Kier molecular flexibility index (Phi) is 6.19. The van der Waals surface area contributed by atoms with E-state index in [0.717, 1.165) is 11.9 Å². The summed E-state index contributed by atoms with van der Waals surface area (Å²) in [5.74, 6) is -0.193. The molecule has 0 spiro atoms. The van der Waals surface area contributed by atoms with Crippen LogP contribution in [0, 0.1) is 5.92 Å². The lowest BCUT2D eigenvalue weighted by molar-refractivity contribution is -0.148. The molecule has 1 unspecified atom stereocenters. The number of esters is 1. The molecule has 2 aromatic carbocycles. The van der Waals surface area contributed by atoms with Crippen molar-refractivity contribution in [2.75, 3.05) is 19.7 Å². The highest BCUT2D eigenvalue weighted by molar-refractivity contribution is 6.03. The molecule has 2 atom stereocenters. The van der Waals surface area contributed by atoms with Crippen LogP contribution in [0.5, 0.6) is 5.75 Å². The quantitative estimate of drug-likeness (QED) is 0.749. The van der Waals surface area contributed by atoms with Gasteiger partial charge in [0.2, 0.25) is 0 Å². The van der Waals surface area contributed by atoms with Crippen molar-refractivity contribution in [2.24, 2.45) is 5.92 Å². The minimum atomic E-state index is -0.349. The topological polar surface area (TPSA) is 78.9 Å². The fraction of sp³-hybridized carbons (Fsp3) is 0.455. The molecule has 2 aromatic rings. The van der Waals surface area contributed by atoms with Gasteiger partial charge in [0, 0.05) is 24.5 Å². The number of ether oxygens (including phenoxy) is 1. The van der Waals surface area contributed by atoms with Crippen LogP contribution in [0.4, 0.5) is 0 Å². The number of aromatic hydroxyl groups is 1. The molecule has 1 saturated heterocycles. The molecule has 0 saturated carbocycles. The molecular formula is C22H28N2O4. The van der Waals surface area contributed by atoms with Crippen molar-refractivity contribution in [1.82, 2.24) is 10.2 Å². The average Bonchev–Trinajstić information content (AvgIpc) is 3.04. The molecule has 1 amide bonds. The average molecular weight is 384 g/mol. The Bertz CT molecular complexity index is 865. The van der Waals surface area contributed by atoms with Crippen molar-refractivity contribution < 1.29 is 19.4 Å². The van der Waals surface area contributed by atoms with Gasteiger partial charge >= 0.3 is 5.97 Å². The Morgan fingerprint density at radius 3 is 2.71 bits per heavy atom. The Balaban J connectivity index is 1.75. The Labute approximate surface area is 165 Å². The van der Waals surface area contributed by atoms with E-state index in [9.17, 15) is 14.7 Å². The third kappa shape index (κ3) is 4.28. The molecule has 150 valence electrons. The number of fused-ring (bicyclic) bond motifs is 1. The summed E-state index contributed by atoms with van der Waals surface area (Å²) in [4.78, 5) is 27.2. The number of carbonyl (C=O) groups excluding carboxylic acids is 2. The SMILES string of the molecule is CCOC(=O)C1C[C@H](NC(=O)c2ccc3ccccc3c2O)CN1CC(C)C. The Morgan fingerprint density at radius 1 is 1.25 bits per heavy atom. The predicted octanol–water partition coefficient (Wildman–Crippen LogP) is 2.94. The van der Waals surface area contributed by atoms with Crippen molar-refractivity contribution in [1.29, 1.82) is 0 Å². The molecule has 0 aromatic heterocycles. The lowest BCUT2D eigenvalue weighted by Crippen LogP contribution is -2.40. The molecule has 3 rings (SSSR count). The summed E-state index contributed by atoms with van der Waals surface area (Å²) in [7, 11) is 0. The number of rotatable bonds is 6. The number of phenolic OH excluding ortho intramolecular Hbond substituents is 1. The number of carbonyl (C=O) groups is 2. The molecule has 0 aliphatic carbocycles. The van der Waals surface area contributed by atoms with Gasteiger partial charge in [-0.3, -0.25) is 14.5 Å². The highest BCUT2D eigenvalue weighted by Gasteiger charge is 2.38. The smallest absolute Gasteiger partial charge is 0.323 e. The number of benzene rings is 2. The van der Waals surface area contributed by atoms with Crippen molar-refractivity contribution in [2.45, 2.75) is 39.3 Å². The first-order chi connectivity index (χ1) is 13.4. The predicted molar refractivity (Wildman–Crippen MR) is 108 cm³/mol. The van der Waals surface area contributed by atoms with E-state index in [1.165, 1.54) is 0 Å². The minimum absolute atomic E-state index is 0.0189. The zero-order valence-corrected chi connectivity index (χ0v) is 16.6. The highest BCUT2D eigenvalue weighted by atomic mass is 16.5. The van der Waals surface area contributed by atoms with E-state index < -0.39 is 0 Å². The summed E-state index contributed by atoms with van der Waals surface area (Å²) >= 11 is 0. The van der Waals surface area contributed by atoms with Crippen LogP contribution in [0.15, 0.2) is 36.4 Å². The number of nitrogens with zero attached hydrogens (tertiary/aromatic N) is 1. The standard InChI is InChI=1S/C22H28N2O4/c1-4-28-22(27)19-11-16(13-24(19)12-14(2)3)23-21(26)18-10-9-15-7-5-6-8-17(15)20(18)25/h5-10,14,16,19,25H,4,11-13H2,1-3H3,(H,23,26)/t16-,19?/m0/s1. The fourth-order valence-corrected chi connectivity index (χ4v) is 3.86. The van der Waals surface area contributed by atoms with Gasteiger partial charge in [-0.1, -0.05) is 44.2 Å². The maximum Gasteiger partial charge on any atom is 0.323 e. The largest absolute Gasteiger partial charge is 0.506 e. The van der Waals surface area contributed by atoms with E-state index >= 15 is 0 Å². The van der Waals surface area contributed by atoms with Crippen molar-refractivity contribution >= 4 is 22.6 Å². The molecule has 6 nitrogen and oxygen atoms in total. The van der Waals surface area contributed by atoms with E-state index in [-0.39, 0.29) is 35.3 Å². The highest BCUT2D eigenvalue weighted by Crippen LogP contribution is 2.29. The van der Waals surface area contributed by atoms with E-state index in [0.29, 0.717) is 30.9 Å². The van der Waals surface area contributed by atoms with E-state index in [4.69, 9.17) is 4.74 Å². The third-order valence-electron chi connectivity index (χ3n) is 5.04. The molecule has 1 heterocycles. The number of likely N-dealkylation sites (tertiary alicyclic amines) is 1. The van der Waals surface area contributed by atoms with Gasteiger partial charge in [-0.15, -0.1) is 0 Å². The molecule has 1 aliphatic rings. The van der Waals surface area contributed by atoms with Crippen molar-refractivity contribution in [3.8, 4) is 5.75 Å². The molecule has 1 aliphatic heterocycles. The van der Waals surface area contributed by atoms with Crippen molar-refractivity contribution in [3.05, 3.63) is 42.0 Å². The normalized spacial score (nSPS) is 19.9. The summed E-state index contributed by atoms with van der Waals surface area (Å²) in [6.45, 7) is 7.68. The van der Waals surface area contributed by atoms with Crippen LogP contribution in [0.25, 0.3) is 10.8 Å². The van der Waals surface area contributed by atoms with Gasteiger partial charge in [0.1, 0.15) is 11.8 Å². The number of hydrogen-bond donors (Lipinski definition) is 2. The first kappa shape index (κ1) is 20.1. The lowest BCUT2D eigenvalue weighted by Gasteiger charge is -2.24. The first-order valence-electron chi connectivity index (χ1n) is 9.83. The van der Waals surface area contributed by atoms with Gasteiger partial charge in [0.15, 0.2) is 0 Å². The molecule has 6 heteroatoms. The number of hydrogen-bond acceptors (Lipinski definition) is 5. The Morgan fingerprint density at radius 2 is 2.00 bits per heavy atom. The fourth-order valence-electron chi connectivity index (χ4n) is 3.86. The van der Waals surface area contributed by atoms with E-state index in [1.54, 1.807) is 19.1 Å². The monoisotopic (exact) mass is 384 g/mol. The number of amides is 1. The van der Waals surface area contributed by atoms with Crippen LogP contribution in [0.1, 0.15) is 37.6 Å². The lowest BCUT2D eigenvalue weighted by atomic mass is 10.0. The Hall–Kier alpha value is -2.60. The second-order valence-electron chi connectivity index (χ2n) is 7.70. The summed E-state index contributed by atoms with van der Waals surface area (Å²) in [6.07, 6.45) is 0.506. The van der Waals surface area contributed by atoms with Gasteiger partial charge in [-0.25, -0.2) is 0 Å². The van der Waals surface area contributed by atoms with E-state index in [1.807, 2.05) is 24.3 Å². The summed E-state index contributed by atoms with van der Waals surface area (Å²) < 4.78 is 5.21. The van der Waals surface area contributed by atoms with Crippen LogP contribution in [0.2, 0.25) is 0 Å². The molecule has 28 heavy (non-hydrogen) atoms. The van der Waals surface area contributed by atoms with Crippen LogP contribution < -0.4 is 5.32 Å². The summed E-state index contributed by atoms with van der Waals surface area (Å²) in [6, 6.07) is 10.3. The van der Waals surface area contributed by atoms with Gasteiger partial charge in [-0.05, 0) is 30.7 Å². The maximum absolute atomic E-state index is 12.8. The second kappa shape index (κ2) is 8.61. The summed E-state index contributed by atoms with van der Waals surface area (Å²) in [5.41, 5.74) is 0.244. The van der Waals surface area contributed by atoms with Crippen LogP contribution in [-0.2, 0) is 9.53 Å². The van der Waals surface area contributed by atoms with Gasteiger partial charge < -0.3 is 15.2 Å². The van der Waals surface area contributed by atoms with E-state index in [2.05, 4.69) is 24.1 Å². The third-order valence-corrected chi connectivity index (χ3v) is 5.04. The molecule has 0 bridgehead atoms.